The van der Waals surface area contributed by atoms with Crippen molar-refractivity contribution in [2.24, 2.45) is 0 Å². The number of anilines is 1. The van der Waals surface area contributed by atoms with Gasteiger partial charge < -0.3 is 19.2 Å². The van der Waals surface area contributed by atoms with Crippen molar-refractivity contribution in [1.29, 1.82) is 0 Å². The van der Waals surface area contributed by atoms with E-state index in [1.54, 1.807) is 31.2 Å². The van der Waals surface area contributed by atoms with E-state index in [-0.39, 0.29) is 5.76 Å². The molecule has 0 aliphatic rings. The first-order chi connectivity index (χ1) is 13.4. The second kappa shape index (κ2) is 8.12. The molecule has 3 aromatic rings. The zero-order valence-electron chi connectivity index (χ0n) is 15.7. The molecule has 0 bridgehead atoms. The third-order valence-electron chi connectivity index (χ3n) is 4.17. The second-order valence-electron chi connectivity index (χ2n) is 6.19. The molecule has 3 rings (SSSR count). The molecule has 0 unspecified atom stereocenters. The van der Waals surface area contributed by atoms with Gasteiger partial charge in [0, 0.05) is 16.6 Å². The predicted octanol–water partition coefficient (Wildman–Crippen LogP) is 4.46. The number of rotatable bonds is 6. The maximum Gasteiger partial charge on any atom is 0.375 e. The molecular weight excluding hydrogens is 365 g/mol. The Morgan fingerprint density at radius 3 is 2.57 bits per heavy atom. The first-order valence-electron chi connectivity index (χ1n) is 8.82. The number of carbonyl (C=O) groups is 2. The average molecular weight is 385 g/mol. The fourth-order valence-electron chi connectivity index (χ4n) is 2.70. The molecule has 1 atom stereocenters. The maximum atomic E-state index is 13.4. The van der Waals surface area contributed by atoms with Crippen molar-refractivity contribution in [1.82, 2.24) is 0 Å². The van der Waals surface area contributed by atoms with Gasteiger partial charge in [0.25, 0.3) is 5.91 Å². The van der Waals surface area contributed by atoms with E-state index in [0.29, 0.717) is 34.6 Å². The van der Waals surface area contributed by atoms with Crippen LogP contribution in [-0.2, 0) is 9.53 Å². The summed E-state index contributed by atoms with van der Waals surface area (Å²) in [6.07, 6.45) is -1.05. The molecular formula is C21H20FNO5. The molecule has 0 aliphatic heterocycles. The number of hydrogen-bond donors (Lipinski definition) is 1. The Balaban J connectivity index is 1.66. The molecule has 0 saturated carbocycles. The SMILES string of the molecule is CCOc1ccc(NC(=O)[C@@H](C)OC(=O)c2oc3ccc(F)cc3c2C)cc1. The number of furan rings is 1. The van der Waals surface area contributed by atoms with Gasteiger partial charge in [-0.05, 0) is 63.2 Å². The number of carbonyl (C=O) groups excluding carboxylic acids is 2. The number of fused-ring (bicyclic) bond motifs is 1. The van der Waals surface area contributed by atoms with E-state index >= 15 is 0 Å². The van der Waals surface area contributed by atoms with Crippen LogP contribution in [0.2, 0.25) is 0 Å². The van der Waals surface area contributed by atoms with E-state index in [4.69, 9.17) is 13.9 Å². The molecule has 0 spiro atoms. The van der Waals surface area contributed by atoms with Gasteiger partial charge in [-0.2, -0.15) is 0 Å². The van der Waals surface area contributed by atoms with Crippen LogP contribution in [0.15, 0.2) is 46.9 Å². The standard InChI is InChI=1S/C21H20FNO5/c1-4-26-16-8-6-15(7-9-16)23-20(24)13(3)27-21(25)19-12(2)17-11-14(22)5-10-18(17)28-19/h5-11,13H,4H2,1-3H3,(H,23,24)/t13-/m1/s1. The van der Waals surface area contributed by atoms with Gasteiger partial charge in [0.15, 0.2) is 6.10 Å². The molecule has 146 valence electrons. The van der Waals surface area contributed by atoms with Crippen LogP contribution in [-0.4, -0.2) is 24.6 Å². The molecule has 28 heavy (non-hydrogen) atoms. The topological polar surface area (TPSA) is 77.8 Å². The summed E-state index contributed by atoms with van der Waals surface area (Å²) in [5.41, 5.74) is 1.38. The van der Waals surface area contributed by atoms with Gasteiger partial charge in [0.1, 0.15) is 17.1 Å². The van der Waals surface area contributed by atoms with Gasteiger partial charge in [-0.1, -0.05) is 0 Å². The lowest BCUT2D eigenvalue weighted by Gasteiger charge is -2.13. The first kappa shape index (κ1) is 19.4. The number of nitrogens with one attached hydrogen (secondary N) is 1. The van der Waals surface area contributed by atoms with Crippen LogP contribution in [0.25, 0.3) is 11.0 Å². The van der Waals surface area contributed by atoms with E-state index in [2.05, 4.69) is 5.32 Å². The van der Waals surface area contributed by atoms with Crippen molar-refractivity contribution in [2.75, 3.05) is 11.9 Å². The van der Waals surface area contributed by atoms with Gasteiger partial charge in [-0.15, -0.1) is 0 Å². The first-order valence-corrected chi connectivity index (χ1v) is 8.82. The van der Waals surface area contributed by atoms with E-state index in [0.717, 1.165) is 0 Å². The Bertz CT molecular complexity index is 1010. The molecule has 7 heteroatoms. The molecule has 0 radical (unpaired) electrons. The molecule has 1 aromatic heterocycles. The lowest BCUT2D eigenvalue weighted by Crippen LogP contribution is -2.30. The summed E-state index contributed by atoms with van der Waals surface area (Å²) in [4.78, 5) is 24.7. The maximum absolute atomic E-state index is 13.4. The monoisotopic (exact) mass is 385 g/mol. The normalized spacial score (nSPS) is 11.9. The molecule has 2 aromatic carbocycles. The highest BCUT2D eigenvalue weighted by molar-refractivity contribution is 5.99. The van der Waals surface area contributed by atoms with Crippen molar-refractivity contribution in [3.63, 3.8) is 0 Å². The Hall–Kier alpha value is -3.35. The van der Waals surface area contributed by atoms with Crippen molar-refractivity contribution in [2.45, 2.75) is 26.9 Å². The largest absolute Gasteiger partial charge is 0.494 e. The Morgan fingerprint density at radius 1 is 1.18 bits per heavy atom. The summed E-state index contributed by atoms with van der Waals surface area (Å²) < 4.78 is 29.4. The summed E-state index contributed by atoms with van der Waals surface area (Å²) >= 11 is 0. The second-order valence-corrected chi connectivity index (χ2v) is 6.19. The lowest BCUT2D eigenvalue weighted by atomic mass is 10.1. The summed E-state index contributed by atoms with van der Waals surface area (Å²) in [6, 6.07) is 10.8. The minimum atomic E-state index is -1.05. The Labute approximate surface area is 161 Å². The third kappa shape index (κ3) is 4.14. The van der Waals surface area contributed by atoms with Crippen LogP contribution in [0.1, 0.15) is 30.0 Å². The molecule has 0 saturated heterocycles. The van der Waals surface area contributed by atoms with Gasteiger partial charge >= 0.3 is 5.97 Å². The van der Waals surface area contributed by atoms with E-state index < -0.39 is 23.8 Å². The molecule has 1 N–H and O–H groups in total. The van der Waals surface area contributed by atoms with Crippen LogP contribution in [0, 0.1) is 12.7 Å². The number of halogens is 1. The van der Waals surface area contributed by atoms with Crippen LogP contribution >= 0.6 is 0 Å². The van der Waals surface area contributed by atoms with Gasteiger partial charge in [0.2, 0.25) is 5.76 Å². The molecule has 1 heterocycles. The smallest absolute Gasteiger partial charge is 0.375 e. The van der Waals surface area contributed by atoms with E-state index in [1.807, 2.05) is 6.92 Å². The zero-order valence-corrected chi connectivity index (χ0v) is 15.7. The van der Waals surface area contributed by atoms with Crippen LogP contribution < -0.4 is 10.1 Å². The van der Waals surface area contributed by atoms with Crippen molar-refractivity contribution in [3.05, 3.63) is 59.6 Å². The lowest BCUT2D eigenvalue weighted by molar-refractivity contribution is -0.123. The van der Waals surface area contributed by atoms with Crippen molar-refractivity contribution >= 4 is 28.5 Å². The molecule has 0 fully saturated rings. The predicted molar refractivity (Wildman–Crippen MR) is 102 cm³/mol. The third-order valence-corrected chi connectivity index (χ3v) is 4.17. The molecule has 0 aliphatic carbocycles. The number of benzene rings is 2. The number of ether oxygens (including phenoxy) is 2. The highest BCUT2D eigenvalue weighted by Gasteiger charge is 2.24. The van der Waals surface area contributed by atoms with Crippen LogP contribution in [0.3, 0.4) is 0 Å². The highest BCUT2D eigenvalue weighted by Crippen LogP contribution is 2.27. The Kier molecular flexibility index (Phi) is 5.63. The summed E-state index contributed by atoms with van der Waals surface area (Å²) in [6.45, 7) is 5.52. The summed E-state index contributed by atoms with van der Waals surface area (Å²) in [5.74, 6) is -1.07. The summed E-state index contributed by atoms with van der Waals surface area (Å²) in [5, 5.41) is 3.15. The Morgan fingerprint density at radius 2 is 1.89 bits per heavy atom. The van der Waals surface area contributed by atoms with Crippen LogP contribution in [0.4, 0.5) is 10.1 Å². The van der Waals surface area contributed by atoms with E-state index in [9.17, 15) is 14.0 Å². The quantitative estimate of drug-likeness (QED) is 0.634. The van der Waals surface area contributed by atoms with Gasteiger partial charge in [0.05, 0.1) is 6.61 Å². The zero-order chi connectivity index (χ0) is 20.3. The van der Waals surface area contributed by atoms with Crippen LogP contribution in [0.5, 0.6) is 5.75 Å². The van der Waals surface area contributed by atoms with Gasteiger partial charge in [-0.25, -0.2) is 9.18 Å². The van der Waals surface area contributed by atoms with Crippen molar-refractivity contribution in [3.8, 4) is 5.75 Å². The minimum absolute atomic E-state index is 0.0543. The van der Waals surface area contributed by atoms with Gasteiger partial charge in [-0.3, -0.25) is 4.79 Å². The minimum Gasteiger partial charge on any atom is -0.494 e. The fourth-order valence-corrected chi connectivity index (χ4v) is 2.70. The average Bonchev–Trinajstić information content (AvgIpc) is 3.00. The molecule has 6 nitrogen and oxygen atoms in total. The van der Waals surface area contributed by atoms with E-state index in [1.165, 1.54) is 25.1 Å². The van der Waals surface area contributed by atoms with Crippen molar-refractivity contribution < 1.29 is 27.9 Å². The fraction of sp³-hybridized carbons (Fsp3) is 0.238. The highest BCUT2D eigenvalue weighted by atomic mass is 19.1. The molecule has 1 amide bonds. The number of hydrogen-bond acceptors (Lipinski definition) is 5. The summed E-state index contributed by atoms with van der Waals surface area (Å²) in [7, 11) is 0. The number of esters is 1. The number of aryl methyl sites for hydroxylation is 1. The number of amides is 1.